The van der Waals surface area contributed by atoms with Crippen molar-refractivity contribution in [1.29, 1.82) is 0 Å². The number of nitrogens with zero attached hydrogens (tertiary/aromatic N) is 3. The monoisotopic (exact) mass is 412 g/mol. The number of hydrogen-bond acceptors (Lipinski definition) is 5. The first-order valence-electron chi connectivity index (χ1n) is 8.35. The number of aromatic amines is 3. The Labute approximate surface area is 166 Å². The maximum absolute atomic E-state index is 12.8. The van der Waals surface area contributed by atoms with Gasteiger partial charge in [0.2, 0.25) is 0 Å². The van der Waals surface area contributed by atoms with E-state index in [9.17, 15) is 19.7 Å². The van der Waals surface area contributed by atoms with Crippen molar-refractivity contribution in [2.75, 3.05) is 0 Å². The highest BCUT2D eigenvalue weighted by molar-refractivity contribution is 6.30. The third-order valence-corrected chi connectivity index (χ3v) is 4.56. The van der Waals surface area contributed by atoms with E-state index in [2.05, 4.69) is 20.1 Å². The quantitative estimate of drug-likeness (QED) is 0.269. The normalized spacial score (nSPS) is 11.5. The molecule has 0 unspecified atom stereocenters. The summed E-state index contributed by atoms with van der Waals surface area (Å²) in [6.07, 6.45) is 1.26. The van der Waals surface area contributed by atoms with Crippen LogP contribution in [0.1, 0.15) is 11.3 Å². The van der Waals surface area contributed by atoms with E-state index in [1.807, 2.05) is 0 Å². The molecule has 4 rings (SSSR count). The molecule has 0 saturated carbocycles. The number of aromatic nitrogens is 4. The Bertz CT molecular complexity index is 1410. The van der Waals surface area contributed by atoms with Crippen molar-refractivity contribution in [2.24, 2.45) is 4.99 Å². The largest absolute Gasteiger partial charge is 0.323 e. The van der Waals surface area contributed by atoms with Crippen LogP contribution in [0.25, 0.3) is 16.7 Å². The molecular weight excluding hydrogens is 400 g/mol. The average Bonchev–Trinajstić information content (AvgIpc) is 3.17. The Morgan fingerprint density at radius 2 is 1.90 bits per heavy atom. The van der Waals surface area contributed by atoms with Crippen LogP contribution >= 0.6 is 11.6 Å². The number of halogens is 1. The van der Waals surface area contributed by atoms with Crippen molar-refractivity contribution in [3.63, 3.8) is 0 Å². The molecule has 0 spiro atoms. The van der Waals surface area contributed by atoms with Crippen LogP contribution in [-0.4, -0.2) is 30.9 Å². The number of nitro groups is 1. The van der Waals surface area contributed by atoms with Crippen LogP contribution in [0.4, 0.5) is 11.4 Å². The van der Waals surface area contributed by atoms with Crippen LogP contribution < -0.4 is 11.2 Å². The highest BCUT2D eigenvalue weighted by atomic mass is 35.5. The van der Waals surface area contributed by atoms with Crippen LogP contribution in [0.3, 0.4) is 0 Å². The van der Waals surface area contributed by atoms with Crippen molar-refractivity contribution in [3.8, 4) is 5.69 Å². The molecule has 0 aliphatic carbocycles. The Hall–Kier alpha value is -3.92. The van der Waals surface area contributed by atoms with Gasteiger partial charge in [0.25, 0.3) is 11.2 Å². The Morgan fingerprint density at radius 1 is 1.17 bits per heavy atom. The van der Waals surface area contributed by atoms with Crippen LogP contribution in [0.5, 0.6) is 0 Å². The fraction of sp³-hybridized carbons (Fsp3) is 0.0556. The molecule has 0 fully saturated rings. The Balaban J connectivity index is 1.80. The fourth-order valence-electron chi connectivity index (χ4n) is 2.95. The minimum Gasteiger partial charge on any atom is -0.306 e. The summed E-state index contributed by atoms with van der Waals surface area (Å²) in [6, 6.07) is 9.33. The lowest BCUT2D eigenvalue weighted by Gasteiger charge is -2.01. The van der Waals surface area contributed by atoms with E-state index >= 15 is 0 Å². The smallest absolute Gasteiger partial charge is 0.306 e. The molecule has 11 heteroatoms. The first kappa shape index (κ1) is 18.4. The molecule has 0 radical (unpaired) electrons. The number of hydrogen-bond donors (Lipinski definition) is 3. The summed E-state index contributed by atoms with van der Waals surface area (Å²) in [7, 11) is 0. The van der Waals surface area contributed by atoms with E-state index in [4.69, 9.17) is 11.6 Å². The van der Waals surface area contributed by atoms with Crippen LogP contribution in [-0.2, 0) is 0 Å². The summed E-state index contributed by atoms with van der Waals surface area (Å²) in [5, 5.41) is 14.8. The molecular formula is C18H13ClN6O4. The van der Waals surface area contributed by atoms with Crippen LogP contribution in [0.15, 0.2) is 51.0 Å². The summed E-state index contributed by atoms with van der Waals surface area (Å²) in [5.41, 5.74) is 0.812. The predicted octanol–water partition coefficient (Wildman–Crippen LogP) is 2.96. The van der Waals surface area contributed by atoms with E-state index in [-0.39, 0.29) is 22.5 Å². The van der Waals surface area contributed by atoms with Gasteiger partial charge in [-0.05, 0) is 31.2 Å². The number of rotatable bonds is 4. The maximum Gasteiger partial charge on any atom is 0.323 e. The molecule has 29 heavy (non-hydrogen) atoms. The van der Waals surface area contributed by atoms with Gasteiger partial charge in [-0.1, -0.05) is 17.7 Å². The van der Waals surface area contributed by atoms with Crippen molar-refractivity contribution in [2.45, 2.75) is 6.92 Å². The van der Waals surface area contributed by atoms with Crippen molar-refractivity contribution >= 4 is 40.2 Å². The molecule has 10 nitrogen and oxygen atoms in total. The maximum atomic E-state index is 12.8. The molecule has 4 aromatic rings. The van der Waals surface area contributed by atoms with Crippen molar-refractivity contribution < 1.29 is 4.92 Å². The molecule has 0 amide bonds. The number of aliphatic imine (C=N–C) groups is 1. The van der Waals surface area contributed by atoms with Gasteiger partial charge < -0.3 is 9.97 Å². The lowest BCUT2D eigenvalue weighted by Crippen LogP contribution is -2.17. The number of aryl methyl sites for hydroxylation is 1. The van der Waals surface area contributed by atoms with E-state index in [1.54, 1.807) is 31.2 Å². The molecule has 3 N–H and O–H groups in total. The summed E-state index contributed by atoms with van der Waals surface area (Å²) in [4.78, 5) is 44.1. The molecule has 0 bridgehead atoms. The highest BCUT2D eigenvalue weighted by Crippen LogP contribution is 2.30. The molecule has 2 aromatic heterocycles. The van der Waals surface area contributed by atoms with Crippen LogP contribution in [0, 0.1) is 17.0 Å². The van der Waals surface area contributed by atoms with E-state index < -0.39 is 10.6 Å². The number of nitro benzene ring substituents is 1. The molecule has 2 aromatic carbocycles. The number of H-pyrrole nitrogens is 3. The lowest BCUT2D eigenvalue weighted by atomic mass is 10.2. The van der Waals surface area contributed by atoms with Gasteiger partial charge in [0.15, 0.2) is 0 Å². The molecule has 0 atom stereocenters. The second-order valence-corrected chi connectivity index (χ2v) is 6.69. The van der Waals surface area contributed by atoms with Crippen LogP contribution in [0.2, 0.25) is 5.02 Å². The molecule has 0 aliphatic heterocycles. The molecule has 2 heterocycles. The number of fused-ring (bicyclic) bond motifs is 1. The van der Waals surface area contributed by atoms with E-state index in [1.165, 1.54) is 23.0 Å². The standard InChI is InChI=1S/C18H13ClN6O4/c1-9-12(17(26)24(23-9)11-4-2-3-10(19)5-11)8-20-15-6-13-14(22-18(27)21-13)7-16(15)25(28)29/h2-8,23H,1H3,(H2,21,22,27). The molecule has 0 aliphatic rings. The summed E-state index contributed by atoms with van der Waals surface area (Å²) < 4.78 is 1.31. The van der Waals surface area contributed by atoms with Gasteiger partial charge in [0, 0.05) is 23.0 Å². The van der Waals surface area contributed by atoms with Gasteiger partial charge in [-0.25, -0.2) is 14.5 Å². The zero-order chi connectivity index (χ0) is 20.7. The zero-order valence-corrected chi connectivity index (χ0v) is 15.6. The summed E-state index contributed by atoms with van der Waals surface area (Å²) in [6.45, 7) is 1.69. The number of imidazole rings is 1. The third kappa shape index (κ3) is 3.36. The van der Waals surface area contributed by atoms with E-state index in [0.29, 0.717) is 27.4 Å². The molecule has 0 saturated heterocycles. The van der Waals surface area contributed by atoms with Gasteiger partial charge in [-0.2, -0.15) is 0 Å². The third-order valence-electron chi connectivity index (χ3n) is 4.32. The topological polar surface area (TPSA) is 142 Å². The fourth-order valence-corrected chi connectivity index (χ4v) is 3.14. The van der Waals surface area contributed by atoms with Gasteiger partial charge in [-0.15, -0.1) is 0 Å². The average molecular weight is 413 g/mol. The minimum absolute atomic E-state index is 0.00653. The SMILES string of the molecule is Cc1[nH]n(-c2cccc(Cl)c2)c(=O)c1C=Nc1cc2[nH]c(=O)[nH]c2cc1[N+](=O)[O-]. The van der Waals surface area contributed by atoms with Crippen molar-refractivity contribution in [3.05, 3.63) is 83.6 Å². The first-order chi connectivity index (χ1) is 13.8. The molecule has 146 valence electrons. The Morgan fingerprint density at radius 3 is 2.59 bits per heavy atom. The summed E-state index contributed by atoms with van der Waals surface area (Å²) >= 11 is 5.98. The summed E-state index contributed by atoms with van der Waals surface area (Å²) in [5.74, 6) is 0. The number of nitrogens with one attached hydrogen (secondary N) is 3. The second kappa shape index (κ2) is 6.91. The van der Waals surface area contributed by atoms with Gasteiger partial charge in [0.05, 0.1) is 27.2 Å². The lowest BCUT2D eigenvalue weighted by molar-refractivity contribution is -0.383. The minimum atomic E-state index is -0.605. The van der Waals surface area contributed by atoms with Gasteiger partial charge in [0.1, 0.15) is 5.69 Å². The highest BCUT2D eigenvalue weighted by Gasteiger charge is 2.17. The Kier molecular flexibility index (Phi) is 4.40. The van der Waals surface area contributed by atoms with E-state index in [0.717, 1.165) is 0 Å². The zero-order valence-electron chi connectivity index (χ0n) is 14.9. The second-order valence-electron chi connectivity index (χ2n) is 6.25. The van der Waals surface area contributed by atoms with Gasteiger partial charge in [-0.3, -0.25) is 20.0 Å². The number of benzene rings is 2. The first-order valence-corrected chi connectivity index (χ1v) is 8.73. The predicted molar refractivity (Wildman–Crippen MR) is 109 cm³/mol. The van der Waals surface area contributed by atoms with Crippen molar-refractivity contribution in [1.82, 2.24) is 19.7 Å². The van der Waals surface area contributed by atoms with Gasteiger partial charge >= 0.3 is 5.69 Å².